The minimum Gasteiger partial charge on any atom is -0.382 e. The van der Waals surface area contributed by atoms with Crippen LogP contribution in [-0.4, -0.2) is 53.4 Å². The predicted octanol–water partition coefficient (Wildman–Crippen LogP) is 0.564. The zero-order chi connectivity index (χ0) is 17.2. The smallest absolute Gasteiger partial charge is 0.232 e. The molecule has 25 heavy (non-hydrogen) atoms. The third kappa shape index (κ3) is 3.05. The highest BCUT2D eigenvalue weighted by atomic mass is 16.2. The second kappa shape index (κ2) is 6.30. The number of amides is 1. The fourth-order valence-electron chi connectivity index (χ4n) is 2.83. The van der Waals surface area contributed by atoms with Crippen LogP contribution in [0.2, 0.25) is 0 Å². The largest absolute Gasteiger partial charge is 0.382 e. The van der Waals surface area contributed by atoms with Gasteiger partial charge < -0.3 is 20.5 Å². The maximum Gasteiger partial charge on any atom is 0.232 e. The van der Waals surface area contributed by atoms with Crippen molar-refractivity contribution in [1.82, 2.24) is 34.4 Å². The molecule has 0 unspecified atom stereocenters. The van der Waals surface area contributed by atoms with Crippen LogP contribution < -0.4 is 11.1 Å². The number of nitrogens with one attached hydrogen (secondary N) is 1. The van der Waals surface area contributed by atoms with Crippen molar-refractivity contribution in [2.45, 2.75) is 19.4 Å². The third-order valence-corrected chi connectivity index (χ3v) is 4.08. The normalized spacial score (nSPS) is 14.4. The summed E-state index contributed by atoms with van der Waals surface area (Å²) in [5.74, 6) is 1.33. The van der Waals surface area contributed by atoms with Gasteiger partial charge in [-0.05, 0) is 6.42 Å². The average molecular weight is 339 g/mol. The molecule has 4 heterocycles. The molecule has 1 amide bonds. The van der Waals surface area contributed by atoms with Gasteiger partial charge in [-0.1, -0.05) is 0 Å². The van der Waals surface area contributed by atoms with Crippen molar-refractivity contribution in [2.24, 2.45) is 0 Å². The highest BCUT2D eigenvalue weighted by Gasteiger charge is 2.20. The van der Waals surface area contributed by atoms with Crippen molar-refractivity contribution in [3.8, 4) is 0 Å². The monoisotopic (exact) mass is 339 g/mol. The van der Waals surface area contributed by atoms with Gasteiger partial charge in [0.05, 0.1) is 12.5 Å². The van der Waals surface area contributed by atoms with Gasteiger partial charge in [-0.3, -0.25) is 9.78 Å². The van der Waals surface area contributed by atoms with E-state index in [4.69, 9.17) is 5.73 Å². The Hall–Kier alpha value is -3.30. The molecular weight excluding hydrogens is 322 g/mol. The number of fused-ring (bicyclic) bond motifs is 1. The number of nitrogens with zero attached hydrogens (tertiary/aromatic N) is 7. The molecule has 0 aromatic carbocycles. The lowest BCUT2D eigenvalue weighted by Crippen LogP contribution is -2.28. The summed E-state index contributed by atoms with van der Waals surface area (Å²) in [5.41, 5.74) is 7.15. The first-order valence-corrected chi connectivity index (χ1v) is 8.00. The van der Waals surface area contributed by atoms with E-state index in [1.165, 1.54) is 0 Å². The summed E-state index contributed by atoms with van der Waals surface area (Å²) in [4.78, 5) is 34.7. The van der Waals surface area contributed by atoms with Crippen LogP contribution in [0.25, 0.3) is 11.2 Å². The molecule has 1 fully saturated rings. The molecule has 0 atom stereocenters. The van der Waals surface area contributed by atoms with E-state index in [1.807, 2.05) is 9.47 Å². The summed E-state index contributed by atoms with van der Waals surface area (Å²) >= 11 is 0. The molecule has 128 valence electrons. The number of hydrogen-bond donors (Lipinski definition) is 2. The molecule has 1 aliphatic rings. The molecule has 0 radical (unpaired) electrons. The van der Waals surface area contributed by atoms with E-state index in [1.54, 1.807) is 24.9 Å². The van der Waals surface area contributed by atoms with Crippen LogP contribution in [0.3, 0.4) is 0 Å². The summed E-state index contributed by atoms with van der Waals surface area (Å²) in [6.45, 7) is 2.03. The highest BCUT2D eigenvalue weighted by molar-refractivity contribution is 5.83. The molecule has 0 bridgehead atoms. The van der Waals surface area contributed by atoms with E-state index < -0.39 is 0 Å². The maximum absolute atomic E-state index is 11.7. The molecule has 3 aromatic heterocycles. The van der Waals surface area contributed by atoms with Gasteiger partial charge in [0.25, 0.3) is 0 Å². The first-order valence-electron chi connectivity index (χ1n) is 8.00. The molecule has 1 saturated heterocycles. The Balaban J connectivity index is 1.59. The van der Waals surface area contributed by atoms with Crippen molar-refractivity contribution < 1.29 is 4.79 Å². The fourth-order valence-corrected chi connectivity index (χ4v) is 2.83. The third-order valence-electron chi connectivity index (χ3n) is 4.08. The standard InChI is InChI=1S/C15H17N9O/c16-13-12-14(22-15(21-13)20-10-8-17-3-4-18-10)24(9-19-12)7-6-23-5-1-2-11(23)25/h3-4,8-9H,1-2,5-7H2,(H3,16,18,20,21,22). The molecule has 0 aliphatic carbocycles. The van der Waals surface area contributed by atoms with Crippen LogP contribution >= 0.6 is 0 Å². The fraction of sp³-hybridized carbons (Fsp3) is 0.333. The first-order chi connectivity index (χ1) is 12.2. The molecule has 10 heteroatoms. The van der Waals surface area contributed by atoms with E-state index in [2.05, 4.69) is 30.2 Å². The number of imidazole rings is 1. The van der Waals surface area contributed by atoms with Crippen molar-refractivity contribution in [3.63, 3.8) is 0 Å². The Morgan fingerprint density at radius 3 is 2.88 bits per heavy atom. The highest BCUT2D eigenvalue weighted by Crippen LogP contribution is 2.20. The summed E-state index contributed by atoms with van der Waals surface area (Å²) < 4.78 is 1.88. The first kappa shape index (κ1) is 15.2. The van der Waals surface area contributed by atoms with Crippen LogP contribution in [0.4, 0.5) is 17.6 Å². The number of likely N-dealkylation sites (tertiary alicyclic amines) is 1. The number of carbonyl (C=O) groups is 1. The molecule has 10 nitrogen and oxygen atoms in total. The SMILES string of the molecule is Nc1nc(Nc2cnccn2)nc2c1ncn2CCN1CCCC1=O. The van der Waals surface area contributed by atoms with Crippen molar-refractivity contribution in [2.75, 3.05) is 24.1 Å². The lowest BCUT2D eigenvalue weighted by atomic mass is 10.4. The van der Waals surface area contributed by atoms with E-state index in [-0.39, 0.29) is 11.7 Å². The summed E-state index contributed by atoms with van der Waals surface area (Å²) in [6, 6.07) is 0. The van der Waals surface area contributed by atoms with Crippen LogP contribution in [-0.2, 0) is 11.3 Å². The van der Waals surface area contributed by atoms with Crippen LogP contribution in [0.15, 0.2) is 24.9 Å². The van der Waals surface area contributed by atoms with Crippen LogP contribution in [0, 0.1) is 0 Å². The molecule has 3 N–H and O–H groups in total. The van der Waals surface area contributed by atoms with E-state index in [0.29, 0.717) is 42.4 Å². The van der Waals surface area contributed by atoms with Gasteiger partial charge in [-0.2, -0.15) is 9.97 Å². The average Bonchev–Trinajstić information content (AvgIpc) is 3.20. The van der Waals surface area contributed by atoms with Crippen LogP contribution in [0.5, 0.6) is 0 Å². The minimum atomic E-state index is 0.198. The zero-order valence-electron chi connectivity index (χ0n) is 13.5. The predicted molar refractivity (Wildman–Crippen MR) is 90.9 cm³/mol. The molecule has 3 aromatic rings. The maximum atomic E-state index is 11.7. The second-order valence-corrected chi connectivity index (χ2v) is 5.74. The number of anilines is 3. The second-order valence-electron chi connectivity index (χ2n) is 5.74. The van der Waals surface area contributed by atoms with E-state index >= 15 is 0 Å². The van der Waals surface area contributed by atoms with Gasteiger partial charge in [0.1, 0.15) is 5.52 Å². The van der Waals surface area contributed by atoms with Gasteiger partial charge in [-0.15, -0.1) is 0 Å². The number of nitrogen functional groups attached to an aromatic ring is 1. The van der Waals surface area contributed by atoms with Crippen molar-refractivity contribution in [3.05, 3.63) is 24.9 Å². The van der Waals surface area contributed by atoms with E-state index in [9.17, 15) is 4.79 Å². The van der Waals surface area contributed by atoms with Crippen molar-refractivity contribution >= 4 is 34.7 Å². The number of hydrogen-bond acceptors (Lipinski definition) is 8. The van der Waals surface area contributed by atoms with Crippen LogP contribution in [0.1, 0.15) is 12.8 Å². The van der Waals surface area contributed by atoms with Gasteiger partial charge >= 0.3 is 0 Å². The van der Waals surface area contributed by atoms with Gasteiger partial charge in [0, 0.05) is 38.4 Å². The number of rotatable bonds is 5. The Kier molecular flexibility index (Phi) is 3.84. The summed E-state index contributed by atoms with van der Waals surface area (Å²) in [5, 5.41) is 2.98. The molecular formula is C15H17N9O. The number of nitrogens with two attached hydrogens (primary N) is 1. The van der Waals surface area contributed by atoms with E-state index in [0.717, 1.165) is 13.0 Å². The zero-order valence-corrected chi connectivity index (χ0v) is 13.5. The van der Waals surface area contributed by atoms with Gasteiger partial charge in [0.2, 0.25) is 11.9 Å². The molecule has 4 rings (SSSR count). The molecule has 0 spiro atoms. The Labute approximate surface area is 143 Å². The number of aromatic nitrogens is 6. The quantitative estimate of drug-likeness (QED) is 0.690. The Bertz CT molecular complexity index is 908. The minimum absolute atomic E-state index is 0.198. The number of carbonyl (C=O) groups excluding carboxylic acids is 1. The topological polar surface area (TPSA) is 128 Å². The van der Waals surface area contributed by atoms with Crippen molar-refractivity contribution in [1.29, 1.82) is 0 Å². The molecule has 1 aliphatic heterocycles. The Morgan fingerprint density at radius 2 is 2.12 bits per heavy atom. The van der Waals surface area contributed by atoms with Gasteiger partial charge in [0.15, 0.2) is 17.3 Å². The summed E-state index contributed by atoms with van der Waals surface area (Å²) in [6.07, 6.45) is 7.94. The Morgan fingerprint density at radius 1 is 1.20 bits per heavy atom. The summed E-state index contributed by atoms with van der Waals surface area (Å²) in [7, 11) is 0. The lowest BCUT2D eigenvalue weighted by molar-refractivity contribution is -0.127. The lowest BCUT2D eigenvalue weighted by Gasteiger charge is -2.15. The molecule has 0 saturated carbocycles. The van der Waals surface area contributed by atoms with Gasteiger partial charge in [-0.25, -0.2) is 9.97 Å².